The number of nitrogens with zero attached hydrogens (tertiary/aromatic N) is 2. The highest BCUT2D eigenvalue weighted by Crippen LogP contribution is 2.43. The molecular formula is C25H27F2N3O3S2. The van der Waals surface area contributed by atoms with Crippen molar-refractivity contribution in [1.82, 2.24) is 9.88 Å². The first-order chi connectivity index (χ1) is 16.6. The summed E-state index contributed by atoms with van der Waals surface area (Å²) in [5, 5.41) is 3.35. The number of fused-ring (bicyclic) bond motifs is 1. The standard InChI is InChI=1S/C25H27F2N3O3S2/c1-4-35(32,33)19-9-5-16(6-10-19)11-22(31)28-25-29-23-21(34-25)14-30(24(23)15(2)3)13-17-7-8-18(26)12-20(17)27/h5-10,12,15,24H,4,11,13-14H2,1-3H3,(H,28,29,31)/t24-/m0/s1. The molecule has 1 aliphatic heterocycles. The molecule has 1 N–H and O–H groups in total. The van der Waals surface area contributed by atoms with Gasteiger partial charge in [-0.2, -0.15) is 0 Å². The number of nitrogens with one attached hydrogen (secondary N) is 1. The van der Waals surface area contributed by atoms with Gasteiger partial charge in [0.2, 0.25) is 5.91 Å². The van der Waals surface area contributed by atoms with Crippen molar-refractivity contribution in [2.75, 3.05) is 11.1 Å². The third-order valence-electron chi connectivity index (χ3n) is 6.04. The van der Waals surface area contributed by atoms with Crippen molar-refractivity contribution in [3.05, 3.63) is 75.8 Å². The molecule has 4 rings (SSSR count). The summed E-state index contributed by atoms with van der Waals surface area (Å²) in [7, 11) is -3.28. The van der Waals surface area contributed by atoms with Gasteiger partial charge in [0.25, 0.3) is 0 Å². The van der Waals surface area contributed by atoms with E-state index in [0.29, 0.717) is 29.3 Å². The fourth-order valence-electron chi connectivity index (χ4n) is 4.31. The summed E-state index contributed by atoms with van der Waals surface area (Å²) in [6.45, 7) is 6.62. The summed E-state index contributed by atoms with van der Waals surface area (Å²) in [6.07, 6.45) is 0.0975. The first-order valence-corrected chi connectivity index (χ1v) is 13.8. The fourth-order valence-corrected chi connectivity index (χ4v) is 6.24. The lowest BCUT2D eigenvalue weighted by molar-refractivity contribution is -0.115. The molecule has 2 aromatic carbocycles. The van der Waals surface area contributed by atoms with Gasteiger partial charge >= 0.3 is 0 Å². The average Bonchev–Trinajstić information content (AvgIpc) is 3.32. The number of thiazole rings is 1. The van der Waals surface area contributed by atoms with Crippen LogP contribution in [0.2, 0.25) is 0 Å². The Morgan fingerprint density at radius 2 is 1.91 bits per heavy atom. The molecule has 0 fully saturated rings. The Morgan fingerprint density at radius 1 is 1.20 bits per heavy atom. The van der Waals surface area contributed by atoms with E-state index in [1.54, 1.807) is 19.1 Å². The fraction of sp³-hybridized carbons (Fsp3) is 0.360. The van der Waals surface area contributed by atoms with Gasteiger partial charge in [-0.15, -0.1) is 11.3 Å². The Balaban J connectivity index is 1.43. The van der Waals surface area contributed by atoms with Gasteiger partial charge in [0, 0.05) is 29.6 Å². The third kappa shape index (κ3) is 5.60. The van der Waals surface area contributed by atoms with E-state index in [4.69, 9.17) is 0 Å². The summed E-state index contributed by atoms with van der Waals surface area (Å²) in [5.74, 6) is -1.19. The molecule has 10 heteroatoms. The van der Waals surface area contributed by atoms with Gasteiger partial charge < -0.3 is 5.32 Å². The van der Waals surface area contributed by atoms with Crippen molar-refractivity contribution in [1.29, 1.82) is 0 Å². The van der Waals surface area contributed by atoms with Crippen LogP contribution in [0.1, 0.15) is 48.5 Å². The number of hydrogen-bond donors (Lipinski definition) is 1. The van der Waals surface area contributed by atoms with E-state index in [-0.39, 0.29) is 34.9 Å². The molecular weight excluding hydrogens is 492 g/mol. The van der Waals surface area contributed by atoms with Crippen molar-refractivity contribution in [3.8, 4) is 0 Å². The number of hydrogen-bond acceptors (Lipinski definition) is 6. The molecule has 186 valence electrons. The number of carbonyl (C=O) groups is 1. The monoisotopic (exact) mass is 519 g/mol. The normalized spacial score (nSPS) is 16.0. The lowest BCUT2D eigenvalue weighted by Gasteiger charge is -2.27. The third-order valence-corrected chi connectivity index (χ3v) is 8.76. The van der Waals surface area contributed by atoms with Crippen LogP contribution in [-0.4, -0.2) is 30.0 Å². The molecule has 1 aliphatic rings. The van der Waals surface area contributed by atoms with Crippen LogP contribution >= 0.6 is 11.3 Å². The van der Waals surface area contributed by atoms with Crippen LogP contribution in [0.25, 0.3) is 0 Å². The van der Waals surface area contributed by atoms with Crippen molar-refractivity contribution in [2.24, 2.45) is 5.92 Å². The number of rotatable bonds is 8. The molecule has 1 aromatic heterocycles. The first-order valence-electron chi connectivity index (χ1n) is 11.4. The predicted molar refractivity (Wildman–Crippen MR) is 132 cm³/mol. The second-order valence-electron chi connectivity index (χ2n) is 8.93. The summed E-state index contributed by atoms with van der Waals surface area (Å²) in [5.41, 5.74) is 2.00. The second kappa shape index (κ2) is 10.1. The van der Waals surface area contributed by atoms with Crippen LogP contribution in [0.4, 0.5) is 13.9 Å². The Kier molecular flexibility index (Phi) is 7.35. The van der Waals surface area contributed by atoms with E-state index in [0.717, 1.165) is 16.6 Å². The number of carbonyl (C=O) groups excluding carboxylic acids is 1. The lowest BCUT2D eigenvalue weighted by atomic mass is 10.0. The molecule has 0 unspecified atom stereocenters. The smallest absolute Gasteiger partial charge is 0.230 e. The van der Waals surface area contributed by atoms with Crippen LogP contribution in [0, 0.1) is 17.6 Å². The van der Waals surface area contributed by atoms with Gasteiger partial charge in [0.05, 0.1) is 28.8 Å². The largest absolute Gasteiger partial charge is 0.302 e. The van der Waals surface area contributed by atoms with Crippen LogP contribution in [0.3, 0.4) is 0 Å². The van der Waals surface area contributed by atoms with Crippen LogP contribution in [-0.2, 0) is 34.1 Å². The molecule has 1 atom stereocenters. The number of anilines is 1. The number of benzene rings is 2. The predicted octanol–water partition coefficient (Wildman–Crippen LogP) is 5.11. The van der Waals surface area contributed by atoms with Gasteiger partial charge in [-0.3, -0.25) is 9.69 Å². The molecule has 3 aromatic rings. The molecule has 0 spiro atoms. The summed E-state index contributed by atoms with van der Waals surface area (Å²) >= 11 is 1.39. The minimum absolute atomic E-state index is 0.0230. The molecule has 35 heavy (non-hydrogen) atoms. The van der Waals surface area contributed by atoms with E-state index in [1.807, 2.05) is 0 Å². The maximum absolute atomic E-state index is 14.2. The highest BCUT2D eigenvalue weighted by Gasteiger charge is 2.36. The zero-order valence-corrected chi connectivity index (χ0v) is 21.3. The molecule has 0 saturated carbocycles. The van der Waals surface area contributed by atoms with E-state index in [9.17, 15) is 22.0 Å². The average molecular weight is 520 g/mol. The minimum atomic E-state index is -3.28. The zero-order chi connectivity index (χ0) is 25.3. The lowest BCUT2D eigenvalue weighted by Crippen LogP contribution is -2.26. The Morgan fingerprint density at radius 3 is 2.54 bits per heavy atom. The van der Waals surface area contributed by atoms with E-state index in [1.165, 1.54) is 35.6 Å². The molecule has 2 heterocycles. The van der Waals surface area contributed by atoms with Gasteiger partial charge in [0.1, 0.15) is 11.6 Å². The summed E-state index contributed by atoms with van der Waals surface area (Å²) in [6, 6.07) is 9.90. The van der Waals surface area contributed by atoms with Crippen LogP contribution in [0.15, 0.2) is 47.4 Å². The number of amides is 1. The topological polar surface area (TPSA) is 79.4 Å². The maximum atomic E-state index is 14.2. The van der Waals surface area contributed by atoms with E-state index >= 15 is 0 Å². The minimum Gasteiger partial charge on any atom is -0.302 e. The summed E-state index contributed by atoms with van der Waals surface area (Å²) < 4.78 is 51.4. The Labute approximate surface area is 207 Å². The van der Waals surface area contributed by atoms with Crippen molar-refractivity contribution < 1.29 is 22.0 Å². The highest BCUT2D eigenvalue weighted by molar-refractivity contribution is 7.91. The maximum Gasteiger partial charge on any atom is 0.230 e. The van der Waals surface area contributed by atoms with Crippen molar-refractivity contribution in [2.45, 2.75) is 51.2 Å². The first kappa shape index (κ1) is 25.4. The second-order valence-corrected chi connectivity index (χ2v) is 12.3. The Bertz CT molecular complexity index is 1340. The van der Waals surface area contributed by atoms with Gasteiger partial charge in [0.15, 0.2) is 15.0 Å². The van der Waals surface area contributed by atoms with Crippen molar-refractivity contribution >= 4 is 32.2 Å². The van der Waals surface area contributed by atoms with Gasteiger partial charge in [-0.05, 0) is 29.7 Å². The number of halogens is 2. The van der Waals surface area contributed by atoms with Gasteiger partial charge in [-0.25, -0.2) is 22.2 Å². The SMILES string of the molecule is CCS(=O)(=O)c1ccc(CC(=O)Nc2nc3c(s2)CN(Cc2ccc(F)cc2F)[C@H]3C(C)C)cc1. The molecule has 1 amide bonds. The summed E-state index contributed by atoms with van der Waals surface area (Å²) in [4.78, 5) is 20.6. The highest BCUT2D eigenvalue weighted by atomic mass is 32.2. The zero-order valence-electron chi connectivity index (χ0n) is 19.7. The molecule has 0 bridgehead atoms. The van der Waals surface area contributed by atoms with E-state index < -0.39 is 21.5 Å². The Hall–Kier alpha value is -2.69. The number of aromatic nitrogens is 1. The van der Waals surface area contributed by atoms with E-state index in [2.05, 4.69) is 29.0 Å². The quantitative estimate of drug-likeness (QED) is 0.448. The molecule has 0 aliphatic carbocycles. The van der Waals surface area contributed by atoms with Crippen LogP contribution in [0.5, 0.6) is 0 Å². The molecule has 0 saturated heterocycles. The van der Waals surface area contributed by atoms with Crippen molar-refractivity contribution in [3.63, 3.8) is 0 Å². The van der Waals surface area contributed by atoms with Gasteiger partial charge in [-0.1, -0.05) is 39.0 Å². The molecule has 0 radical (unpaired) electrons. The van der Waals surface area contributed by atoms with Crippen LogP contribution < -0.4 is 5.32 Å². The number of sulfone groups is 1. The molecule has 6 nitrogen and oxygen atoms in total.